The third kappa shape index (κ3) is 4.13. The van der Waals surface area contributed by atoms with Gasteiger partial charge < -0.3 is 4.90 Å². The van der Waals surface area contributed by atoms with E-state index in [4.69, 9.17) is 11.6 Å². The lowest BCUT2D eigenvalue weighted by atomic mass is 10.3. The summed E-state index contributed by atoms with van der Waals surface area (Å²) < 4.78 is 26.7. The van der Waals surface area contributed by atoms with Crippen LogP contribution in [-0.4, -0.2) is 44.4 Å². The topological polar surface area (TPSA) is 92.6 Å². The van der Waals surface area contributed by atoms with E-state index in [2.05, 4.69) is 9.62 Å². The SMILES string of the molecule is CN(CCNS(=O)(=O)c1cc([N+](=O)[O-])ccc1Cl)C1CC1. The molecule has 1 aromatic rings. The molecule has 1 aliphatic rings. The quantitative estimate of drug-likeness (QED) is 0.604. The Balaban J connectivity index is 2.07. The van der Waals surface area contributed by atoms with E-state index in [0.717, 1.165) is 18.9 Å². The normalized spacial score (nSPS) is 15.4. The van der Waals surface area contributed by atoms with Crippen molar-refractivity contribution in [2.24, 2.45) is 0 Å². The molecule has 0 aromatic heterocycles. The molecule has 1 aliphatic carbocycles. The third-order valence-corrected chi connectivity index (χ3v) is 5.28. The minimum Gasteiger partial charge on any atom is -0.302 e. The molecule has 0 unspecified atom stereocenters. The molecule has 0 radical (unpaired) electrons. The lowest BCUT2D eigenvalue weighted by Crippen LogP contribution is -2.34. The highest BCUT2D eigenvalue weighted by Gasteiger charge is 2.26. The monoisotopic (exact) mass is 333 g/mol. The average Bonchev–Trinajstić information content (AvgIpc) is 3.22. The lowest BCUT2D eigenvalue weighted by Gasteiger charge is -2.16. The van der Waals surface area contributed by atoms with Gasteiger partial charge >= 0.3 is 0 Å². The third-order valence-electron chi connectivity index (χ3n) is 3.34. The number of benzene rings is 1. The van der Waals surface area contributed by atoms with Crippen LogP contribution in [0, 0.1) is 10.1 Å². The summed E-state index contributed by atoms with van der Waals surface area (Å²) in [5.74, 6) is 0. The molecule has 0 aliphatic heterocycles. The van der Waals surface area contributed by atoms with E-state index in [1.165, 1.54) is 12.1 Å². The standard InChI is InChI=1S/C12H16ClN3O4S/c1-15(9-2-3-9)7-6-14-21(19,20)12-8-10(16(17)18)4-5-11(12)13/h4-5,8-9,14H,2-3,6-7H2,1H3. The van der Waals surface area contributed by atoms with Crippen LogP contribution in [0.25, 0.3) is 0 Å². The molecule has 0 amide bonds. The van der Waals surface area contributed by atoms with Crippen molar-refractivity contribution in [2.75, 3.05) is 20.1 Å². The summed E-state index contributed by atoms with van der Waals surface area (Å²) in [7, 11) is -1.92. The highest BCUT2D eigenvalue weighted by Crippen LogP contribution is 2.26. The van der Waals surface area contributed by atoms with Crippen LogP contribution in [0.5, 0.6) is 0 Å². The summed E-state index contributed by atoms with van der Waals surface area (Å²) >= 11 is 5.84. The molecule has 1 saturated carbocycles. The van der Waals surface area contributed by atoms with Gasteiger partial charge in [-0.2, -0.15) is 0 Å². The predicted molar refractivity (Wildman–Crippen MR) is 78.9 cm³/mol. The Labute approximate surface area is 128 Å². The number of nitrogens with one attached hydrogen (secondary N) is 1. The second-order valence-electron chi connectivity index (χ2n) is 4.98. The maximum Gasteiger partial charge on any atom is 0.270 e. The first kappa shape index (κ1) is 16.2. The van der Waals surface area contributed by atoms with Crippen molar-refractivity contribution in [1.29, 1.82) is 0 Å². The van der Waals surface area contributed by atoms with E-state index in [1.807, 2.05) is 7.05 Å². The van der Waals surface area contributed by atoms with Gasteiger partial charge in [0, 0.05) is 31.3 Å². The summed E-state index contributed by atoms with van der Waals surface area (Å²) in [5, 5.41) is 10.7. The van der Waals surface area contributed by atoms with Crippen LogP contribution in [-0.2, 0) is 10.0 Å². The van der Waals surface area contributed by atoms with E-state index < -0.39 is 14.9 Å². The van der Waals surface area contributed by atoms with Gasteiger partial charge in [-0.05, 0) is 26.0 Å². The van der Waals surface area contributed by atoms with Crippen LogP contribution >= 0.6 is 11.6 Å². The predicted octanol–water partition coefficient (Wildman–Crippen LogP) is 1.62. The van der Waals surface area contributed by atoms with Crippen LogP contribution in [0.4, 0.5) is 5.69 Å². The molecule has 7 nitrogen and oxygen atoms in total. The van der Waals surface area contributed by atoms with Gasteiger partial charge in [0.1, 0.15) is 4.90 Å². The Kier molecular flexibility index (Phi) is 4.82. The van der Waals surface area contributed by atoms with Gasteiger partial charge in [0.15, 0.2) is 0 Å². The van der Waals surface area contributed by atoms with E-state index in [1.54, 1.807) is 0 Å². The first-order chi connectivity index (χ1) is 9.81. The number of nitro benzene ring substituents is 1. The fourth-order valence-corrected chi connectivity index (χ4v) is 3.48. The molecule has 0 spiro atoms. The fourth-order valence-electron chi connectivity index (χ4n) is 1.94. The van der Waals surface area contributed by atoms with E-state index in [0.29, 0.717) is 12.6 Å². The number of halogens is 1. The minimum absolute atomic E-state index is 0.0383. The van der Waals surface area contributed by atoms with Crippen molar-refractivity contribution in [3.63, 3.8) is 0 Å². The van der Waals surface area contributed by atoms with Crippen molar-refractivity contribution < 1.29 is 13.3 Å². The maximum absolute atomic E-state index is 12.2. The maximum atomic E-state index is 12.2. The molecular weight excluding hydrogens is 318 g/mol. The van der Waals surface area contributed by atoms with Crippen molar-refractivity contribution in [3.05, 3.63) is 33.3 Å². The molecule has 116 valence electrons. The van der Waals surface area contributed by atoms with Gasteiger partial charge in [-0.1, -0.05) is 11.6 Å². The summed E-state index contributed by atoms with van der Waals surface area (Å²) in [5.41, 5.74) is -0.310. The lowest BCUT2D eigenvalue weighted by molar-refractivity contribution is -0.385. The zero-order chi connectivity index (χ0) is 15.6. The summed E-state index contributed by atoms with van der Waals surface area (Å²) in [6, 6.07) is 3.89. The van der Waals surface area contributed by atoms with E-state index >= 15 is 0 Å². The minimum atomic E-state index is -3.86. The largest absolute Gasteiger partial charge is 0.302 e. The number of nitro groups is 1. The van der Waals surface area contributed by atoms with Crippen molar-refractivity contribution in [3.8, 4) is 0 Å². The molecule has 0 atom stereocenters. The molecule has 1 N–H and O–H groups in total. The van der Waals surface area contributed by atoms with Crippen LogP contribution in [0.2, 0.25) is 5.02 Å². The first-order valence-electron chi connectivity index (χ1n) is 6.45. The average molecular weight is 334 g/mol. The molecule has 2 rings (SSSR count). The van der Waals surface area contributed by atoms with Crippen molar-refractivity contribution in [1.82, 2.24) is 9.62 Å². The second-order valence-corrected chi connectivity index (χ2v) is 7.12. The van der Waals surface area contributed by atoms with Crippen LogP contribution in [0.3, 0.4) is 0 Å². The molecular formula is C12H16ClN3O4S. The molecule has 1 fully saturated rings. The number of rotatable bonds is 7. The highest BCUT2D eigenvalue weighted by atomic mass is 35.5. The van der Waals surface area contributed by atoms with Crippen molar-refractivity contribution >= 4 is 27.3 Å². The molecule has 0 heterocycles. The highest BCUT2D eigenvalue weighted by molar-refractivity contribution is 7.89. The summed E-state index contributed by atoms with van der Waals surface area (Å²) in [6.07, 6.45) is 2.28. The Morgan fingerprint density at radius 3 is 2.71 bits per heavy atom. The van der Waals surface area contributed by atoms with E-state index in [-0.39, 0.29) is 22.2 Å². The van der Waals surface area contributed by atoms with Gasteiger partial charge in [0.2, 0.25) is 10.0 Å². The number of likely N-dealkylation sites (N-methyl/N-ethyl adjacent to an activating group) is 1. The van der Waals surface area contributed by atoms with Gasteiger partial charge in [-0.25, -0.2) is 13.1 Å². The van der Waals surface area contributed by atoms with Crippen molar-refractivity contribution in [2.45, 2.75) is 23.8 Å². The van der Waals surface area contributed by atoms with E-state index in [9.17, 15) is 18.5 Å². The molecule has 21 heavy (non-hydrogen) atoms. The number of hydrogen-bond acceptors (Lipinski definition) is 5. The smallest absolute Gasteiger partial charge is 0.270 e. The van der Waals surface area contributed by atoms with Gasteiger partial charge in [-0.15, -0.1) is 0 Å². The summed E-state index contributed by atoms with van der Waals surface area (Å²) in [4.78, 5) is 11.9. The molecule has 0 bridgehead atoms. The van der Waals surface area contributed by atoms with Gasteiger partial charge in [0.25, 0.3) is 5.69 Å². The first-order valence-corrected chi connectivity index (χ1v) is 8.31. The fraction of sp³-hybridized carbons (Fsp3) is 0.500. The summed E-state index contributed by atoms with van der Waals surface area (Å²) in [6.45, 7) is 0.810. The number of non-ortho nitro benzene ring substituents is 1. The molecule has 1 aromatic carbocycles. The van der Waals surface area contributed by atoms with Gasteiger partial charge in [0.05, 0.1) is 9.95 Å². The zero-order valence-corrected chi connectivity index (χ0v) is 13.0. The Morgan fingerprint density at radius 2 is 2.14 bits per heavy atom. The van der Waals surface area contributed by atoms with Crippen LogP contribution in [0.1, 0.15) is 12.8 Å². The zero-order valence-electron chi connectivity index (χ0n) is 11.5. The van der Waals surface area contributed by atoms with Crippen LogP contribution in [0.15, 0.2) is 23.1 Å². The molecule has 9 heteroatoms. The Hall–Kier alpha value is -1.22. The molecule has 0 saturated heterocycles. The Morgan fingerprint density at radius 1 is 1.48 bits per heavy atom. The Bertz CT molecular complexity index is 646. The second kappa shape index (κ2) is 6.27. The number of hydrogen-bond donors (Lipinski definition) is 1. The number of sulfonamides is 1. The van der Waals surface area contributed by atoms with Crippen LogP contribution < -0.4 is 4.72 Å². The van der Waals surface area contributed by atoms with Gasteiger partial charge in [-0.3, -0.25) is 10.1 Å². The number of nitrogens with zero attached hydrogens (tertiary/aromatic N) is 2.